The van der Waals surface area contributed by atoms with E-state index in [2.05, 4.69) is 20.6 Å². The van der Waals surface area contributed by atoms with Gasteiger partial charge in [-0.1, -0.05) is 11.8 Å². The van der Waals surface area contributed by atoms with Crippen molar-refractivity contribution < 1.29 is 4.79 Å². The molecule has 0 spiro atoms. The Bertz CT molecular complexity index is 517. The van der Waals surface area contributed by atoms with Gasteiger partial charge in [0.1, 0.15) is 0 Å². The fourth-order valence-electron chi connectivity index (χ4n) is 1.50. The zero-order valence-corrected chi connectivity index (χ0v) is 10.7. The first kappa shape index (κ1) is 11.8. The predicted octanol–water partition coefficient (Wildman–Crippen LogP) is 0.590. The van der Waals surface area contributed by atoms with Gasteiger partial charge in [0.2, 0.25) is 5.91 Å². The highest BCUT2D eigenvalue weighted by Crippen LogP contribution is 2.10. The molecule has 0 aliphatic carbocycles. The van der Waals surface area contributed by atoms with E-state index >= 15 is 0 Å². The van der Waals surface area contributed by atoms with E-state index in [0.717, 1.165) is 17.0 Å². The van der Waals surface area contributed by atoms with Crippen molar-refractivity contribution in [2.45, 2.75) is 13.8 Å². The Morgan fingerprint density at radius 3 is 2.82 bits per heavy atom. The summed E-state index contributed by atoms with van der Waals surface area (Å²) in [5.41, 5.74) is 2.91. The van der Waals surface area contributed by atoms with Crippen molar-refractivity contribution in [1.29, 1.82) is 0 Å². The summed E-state index contributed by atoms with van der Waals surface area (Å²) in [6, 6.07) is 0. The van der Waals surface area contributed by atoms with Crippen molar-refractivity contribution in [3.8, 4) is 0 Å². The Balaban J connectivity index is 2.13. The molecule has 1 aromatic rings. The summed E-state index contributed by atoms with van der Waals surface area (Å²) in [4.78, 5) is 10.9. The van der Waals surface area contributed by atoms with E-state index in [4.69, 9.17) is 0 Å². The largest absolute Gasteiger partial charge is 0.303 e. The summed E-state index contributed by atoms with van der Waals surface area (Å²) in [6.45, 7) is 3.90. The van der Waals surface area contributed by atoms with Crippen molar-refractivity contribution in [2.75, 3.05) is 5.75 Å². The normalized spacial score (nSPS) is 18.3. The number of carbonyl (C=O) groups is 1. The van der Waals surface area contributed by atoms with Gasteiger partial charge in [-0.15, -0.1) is 5.10 Å². The summed E-state index contributed by atoms with van der Waals surface area (Å²) in [5.74, 6) is 0.386. The minimum absolute atomic E-state index is 0.0299. The molecule has 2 heterocycles. The topological polar surface area (TPSA) is 71.6 Å². The Kier molecular flexibility index (Phi) is 3.28. The summed E-state index contributed by atoms with van der Waals surface area (Å²) in [6.07, 6.45) is 1.66. The van der Waals surface area contributed by atoms with E-state index in [1.165, 1.54) is 11.8 Å². The van der Waals surface area contributed by atoms with Crippen LogP contribution in [0.3, 0.4) is 0 Å². The number of amides is 1. The van der Waals surface area contributed by atoms with Crippen LogP contribution in [0.4, 0.5) is 0 Å². The van der Waals surface area contributed by atoms with Gasteiger partial charge in [-0.2, -0.15) is 10.2 Å². The third-order valence-corrected chi connectivity index (χ3v) is 3.35. The van der Waals surface area contributed by atoms with Gasteiger partial charge in [0.05, 0.1) is 17.7 Å². The highest BCUT2D eigenvalue weighted by molar-refractivity contribution is 8.15. The van der Waals surface area contributed by atoms with E-state index in [1.807, 2.05) is 20.9 Å². The molecule has 1 amide bonds. The standard InChI is InChI=1S/C10H13N5OS/c1-6-8(7(2)15(3)14-6)4-11-13-10-12-9(16)5-17-10/h4H,5H2,1-3H3,(H,12,13,16)/b11-4-. The third-order valence-electron chi connectivity index (χ3n) is 2.49. The molecule has 6 nitrogen and oxygen atoms in total. The second-order valence-corrected chi connectivity index (χ2v) is 4.66. The maximum absolute atomic E-state index is 10.9. The third kappa shape index (κ3) is 2.55. The fourth-order valence-corrected chi connectivity index (χ4v) is 2.13. The van der Waals surface area contributed by atoms with Crippen LogP contribution in [0.1, 0.15) is 17.0 Å². The first-order valence-electron chi connectivity index (χ1n) is 5.12. The van der Waals surface area contributed by atoms with Crippen LogP contribution in [0.25, 0.3) is 0 Å². The number of carbonyl (C=O) groups excluding carboxylic acids is 1. The number of hydrogen-bond acceptors (Lipinski definition) is 5. The second kappa shape index (κ2) is 4.70. The monoisotopic (exact) mass is 251 g/mol. The highest BCUT2D eigenvalue weighted by atomic mass is 32.2. The number of thioether (sulfide) groups is 1. The van der Waals surface area contributed by atoms with Crippen molar-refractivity contribution in [2.24, 2.45) is 17.3 Å². The number of nitrogens with one attached hydrogen (secondary N) is 1. The molecule has 7 heteroatoms. The molecule has 17 heavy (non-hydrogen) atoms. The molecule has 0 unspecified atom stereocenters. The van der Waals surface area contributed by atoms with Crippen LogP contribution in [0.5, 0.6) is 0 Å². The first-order chi connectivity index (χ1) is 8.08. The van der Waals surface area contributed by atoms with E-state index in [-0.39, 0.29) is 5.91 Å². The van der Waals surface area contributed by atoms with Crippen molar-refractivity contribution in [1.82, 2.24) is 15.1 Å². The predicted molar refractivity (Wildman–Crippen MR) is 68.3 cm³/mol. The van der Waals surface area contributed by atoms with Crippen LogP contribution in [0, 0.1) is 13.8 Å². The molecule has 1 saturated heterocycles. The lowest BCUT2D eigenvalue weighted by Gasteiger charge is -1.93. The molecule has 2 rings (SSSR count). The van der Waals surface area contributed by atoms with Crippen LogP contribution < -0.4 is 5.32 Å². The number of rotatable bonds is 2. The first-order valence-corrected chi connectivity index (χ1v) is 6.10. The maximum Gasteiger partial charge on any atom is 0.236 e. The number of aromatic nitrogens is 2. The lowest BCUT2D eigenvalue weighted by molar-refractivity contribution is -0.116. The molecule has 0 radical (unpaired) electrons. The van der Waals surface area contributed by atoms with Crippen LogP contribution in [-0.2, 0) is 11.8 Å². The van der Waals surface area contributed by atoms with E-state index in [9.17, 15) is 4.79 Å². The van der Waals surface area contributed by atoms with Crippen LogP contribution in [0.15, 0.2) is 10.2 Å². The molecule has 1 aromatic heterocycles. The number of hydrogen-bond donors (Lipinski definition) is 1. The number of amidine groups is 1. The molecular weight excluding hydrogens is 238 g/mol. The smallest absolute Gasteiger partial charge is 0.236 e. The van der Waals surface area contributed by atoms with E-state index < -0.39 is 0 Å². The minimum Gasteiger partial charge on any atom is -0.303 e. The molecule has 0 bridgehead atoms. The van der Waals surface area contributed by atoms with Crippen molar-refractivity contribution in [3.05, 3.63) is 17.0 Å². The van der Waals surface area contributed by atoms with Gasteiger partial charge in [0, 0.05) is 18.3 Å². The van der Waals surface area contributed by atoms with Gasteiger partial charge < -0.3 is 5.32 Å². The van der Waals surface area contributed by atoms with Gasteiger partial charge in [0.25, 0.3) is 0 Å². The lowest BCUT2D eigenvalue weighted by Crippen LogP contribution is -2.19. The van der Waals surface area contributed by atoms with E-state index in [0.29, 0.717) is 10.9 Å². The van der Waals surface area contributed by atoms with Gasteiger partial charge in [0.15, 0.2) is 5.17 Å². The molecule has 90 valence electrons. The zero-order chi connectivity index (χ0) is 12.4. The average molecular weight is 251 g/mol. The summed E-state index contributed by atoms with van der Waals surface area (Å²) in [5, 5.41) is 15.3. The van der Waals surface area contributed by atoms with Crippen LogP contribution >= 0.6 is 11.8 Å². The molecular formula is C10H13N5OS. The Morgan fingerprint density at radius 2 is 2.29 bits per heavy atom. The summed E-state index contributed by atoms with van der Waals surface area (Å²) < 4.78 is 1.80. The van der Waals surface area contributed by atoms with Gasteiger partial charge in [-0.3, -0.25) is 9.48 Å². The van der Waals surface area contributed by atoms with Gasteiger partial charge in [-0.05, 0) is 13.8 Å². The lowest BCUT2D eigenvalue weighted by atomic mass is 10.2. The molecule has 1 aliphatic rings. The van der Waals surface area contributed by atoms with Gasteiger partial charge in [-0.25, -0.2) is 0 Å². The van der Waals surface area contributed by atoms with Crippen molar-refractivity contribution >= 4 is 29.1 Å². The number of nitrogens with zero attached hydrogens (tertiary/aromatic N) is 4. The minimum atomic E-state index is -0.0299. The van der Waals surface area contributed by atoms with Crippen LogP contribution in [-0.4, -0.2) is 32.8 Å². The molecule has 1 aliphatic heterocycles. The Hall–Kier alpha value is -1.63. The van der Waals surface area contributed by atoms with Crippen molar-refractivity contribution in [3.63, 3.8) is 0 Å². The molecule has 0 aromatic carbocycles. The van der Waals surface area contributed by atoms with E-state index in [1.54, 1.807) is 10.9 Å². The summed E-state index contributed by atoms with van der Waals surface area (Å²) >= 11 is 1.35. The Labute approximate surface area is 103 Å². The molecule has 1 N–H and O–H groups in total. The summed E-state index contributed by atoms with van der Waals surface area (Å²) in [7, 11) is 1.89. The molecule has 0 saturated carbocycles. The van der Waals surface area contributed by atoms with Gasteiger partial charge >= 0.3 is 0 Å². The molecule has 0 atom stereocenters. The SMILES string of the molecule is Cc1nn(C)c(C)c1/C=N\N=C1\NC(=O)CS1. The maximum atomic E-state index is 10.9. The molecule has 1 fully saturated rings. The average Bonchev–Trinajstić information content (AvgIpc) is 2.78. The second-order valence-electron chi connectivity index (χ2n) is 3.69. The fraction of sp³-hybridized carbons (Fsp3) is 0.400. The van der Waals surface area contributed by atoms with Crippen LogP contribution in [0.2, 0.25) is 0 Å². The number of aryl methyl sites for hydroxylation is 2. The highest BCUT2D eigenvalue weighted by Gasteiger charge is 2.16. The zero-order valence-electron chi connectivity index (χ0n) is 9.89. The Morgan fingerprint density at radius 1 is 1.53 bits per heavy atom. The quantitative estimate of drug-likeness (QED) is 0.617.